The van der Waals surface area contributed by atoms with Crippen LogP contribution in [0.1, 0.15) is 96.4 Å². The summed E-state index contributed by atoms with van der Waals surface area (Å²) >= 11 is 6.38. The van der Waals surface area contributed by atoms with Crippen LogP contribution in [0.3, 0.4) is 0 Å². The summed E-state index contributed by atoms with van der Waals surface area (Å²) < 4.78 is 30.9. The number of benzene rings is 4. The van der Waals surface area contributed by atoms with E-state index in [0.29, 0.717) is 13.2 Å². The van der Waals surface area contributed by atoms with E-state index < -0.39 is 11.0 Å². The maximum absolute atomic E-state index is 12.5. The van der Waals surface area contributed by atoms with Crippen molar-refractivity contribution in [1.29, 1.82) is 0 Å². The molecule has 13 nitrogen and oxygen atoms in total. The summed E-state index contributed by atoms with van der Waals surface area (Å²) in [5.41, 5.74) is 8.30. The highest BCUT2D eigenvalue weighted by atomic mass is 35.5. The average Bonchev–Trinajstić information content (AvgIpc) is 3.72. The molecule has 65 heavy (non-hydrogen) atoms. The van der Waals surface area contributed by atoms with Crippen LogP contribution in [0.5, 0.6) is 11.5 Å². The highest BCUT2D eigenvalue weighted by Crippen LogP contribution is 2.32. The summed E-state index contributed by atoms with van der Waals surface area (Å²) in [6.45, 7) is 14.2. The first-order valence-corrected chi connectivity index (χ1v) is 21.2. The van der Waals surface area contributed by atoms with Crippen LogP contribution in [0.25, 0.3) is 11.4 Å². The molecule has 348 valence electrons. The van der Waals surface area contributed by atoms with Crippen LogP contribution in [-0.2, 0) is 41.8 Å². The van der Waals surface area contributed by atoms with Crippen LogP contribution in [0.15, 0.2) is 109 Å². The molecule has 0 bridgehead atoms. The molecule has 2 heterocycles. The molecule has 2 atom stereocenters. The average molecular weight is 931 g/mol. The number of carbonyl (C=O) groups is 3. The lowest BCUT2D eigenvalue weighted by Gasteiger charge is -2.22. The molecular weight excluding hydrogens is 869 g/mol. The van der Waals surface area contributed by atoms with Gasteiger partial charge in [0.05, 0.1) is 61.6 Å². The van der Waals surface area contributed by atoms with E-state index in [1.165, 1.54) is 14.2 Å². The number of ether oxygens (including phenoxy) is 5. The monoisotopic (exact) mass is 929 g/mol. The van der Waals surface area contributed by atoms with Crippen molar-refractivity contribution < 1.29 is 38.1 Å². The molecule has 0 unspecified atom stereocenters. The molecule has 2 aromatic heterocycles. The van der Waals surface area contributed by atoms with Gasteiger partial charge in [-0.15, -0.1) is 24.0 Å². The van der Waals surface area contributed by atoms with Gasteiger partial charge in [0.1, 0.15) is 30.2 Å². The Labute approximate surface area is 393 Å². The van der Waals surface area contributed by atoms with Crippen LogP contribution in [-0.4, -0.2) is 57.3 Å². The molecule has 6 aromatic rings. The third-order valence-electron chi connectivity index (χ3n) is 10.0. The summed E-state index contributed by atoms with van der Waals surface area (Å²) in [7, 11) is 2.70. The van der Waals surface area contributed by atoms with E-state index in [2.05, 4.69) is 10.2 Å². The Kier molecular flexibility index (Phi) is 20.3. The smallest absolute Gasteiger partial charge is 0.307 e. The fourth-order valence-corrected chi connectivity index (χ4v) is 7.18. The SMILES string of the molecule is COC(=O)C[C@H](CC(=O)OC(C)(C)C)c1cccc(-n2nc(C)c(OCc3ccccc3)c2C)c1.COC(=O)C[C@H](Cl)c1cccc(-n2nc(C)c(OCc3ccccc3)c2C)c1.Cl.N. The molecule has 0 fully saturated rings. The number of aryl methyl sites for hydroxylation is 2. The Morgan fingerprint density at radius 1 is 0.600 bits per heavy atom. The number of hydrogen-bond acceptors (Lipinski definition) is 11. The highest BCUT2D eigenvalue weighted by Gasteiger charge is 2.25. The van der Waals surface area contributed by atoms with Gasteiger partial charge < -0.3 is 29.8 Å². The minimum atomic E-state index is -0.603. The molecule has 3 N–H and O–H groups in total. The lowest BCUT2D eigenvalue weighted by molar-refractivity contribution is -0.155. The van der Waals surface area contributed by atoms with Crippen LogP contribution < -0.4 is 15.6 Å². The maximum atomic E-state index is 12.5. The molecule has 0 amide bonds. The topological polar surface area (TPSA) is 168 Å². The lowest BCUT2D eigenvalue weighted by Crippen LogP contribution is -2.25. The van der Waals surface area contributed by atoms with Crippen molar-refractivity contribution in [1.82, 2.24) is 25.7 Å². The molecule has 0 aliphatic heterocycles. The van der Waals surface area contributed by atoms with Gasteiger partial charge >= 0.3 is 17.9 Å². The quantitative estimate of drug-likeness (QED) is 0.0557. The van der Waals surface area contributed by atoms with Crippen LogP contribution in [0.2, 0.25) is 0 Å². The number of esters is 3. The summed E-state index contributed by atoms with van der Waals surface area (Å²) in [5.74, 6) is 0.0349. The van der Waals surface area contributed by atoms with Gasteiger partial charge in [-0.05, 0) is 95.0 Å². The number of aromatic nitrogens is 4. The van der Waals surface area contributed by atoms with Gasteiger partial charge in [-0.25, -0.2) is 9.36 Å². The van der Waals surface area contributed by atoms with Crippen molar-refractivity contribution in [2.45, 2.75) is 97.8 Å². The molecule has 0 saturated heterocycles. The van der Waals surface area contributed by atoms with Crippen molar-refractivity contribution >= 4 is 41.9 Å². The Bertz CT molecular complexity index is 2470. The summed E-state index contributed by atoms with van der Waals surface area (Å²) in [6, 6.07) is 35.3. The van der Waals surface area contributed by atoms with E-state index in [1.54, 1.807) is 0 Å². The van der Waals surface area contributed by atoms with Crippen molar-refractivity contribution in [3.63, 3.8) is 0 Å². The van der Waals surface area contributed by atoms with Gasteiger partial charge in [0.25, 0.3) is 0 Å². The van der Waals surface area contributed by atoms with E-state index in [4.69, 9.17) is 35.3 Å². The molecule has 0 spiro atoms. The van der Waals surface area contributed by atoms with Crippen molar-refractivity contribution in [2.75, 3.05) is 14.2 Å². The van der Waals surface area contributed by atoms with E-state index in [9.17, 15) is 14.4 Å². The molecule has 0 saturated carbocycles. The zero-order valence-corrected chi connectivity index (χ0v) is 40.2. The van der Waals surface area contributed by atoms with Gasteiger partial charge in [-0.2, -0.15) is 10.2 Å². The number of halogens is 2. The van der Waals surface area contributed by atoms with Crippen molar-refractivity contribution in [3.05, 3.63) is 154 Å². The van der Waals surface area contributed by atoms with Gasteiger partial charge in [0, 0.05) is 5.92 Å². The second-order valence-corrected chi connectivity index (χ2v) is 16.6. The normalized spacial score (nSPS) is 11.7. The molecule has 6 rings (SSSR count). The fourth-order valence-electron chi connectivity index (χ4n) is 6.92. The summed E-state index contributed by atoms with van der Waals surface area (Å²) in [6.07, 6.45) is 0.254. The number of nitrogens with zero attached hydrogens (tertiary/aromatic N) is 4. The van der Waals surface area contributed by atoms with Crippen LogP contribution in [0, 0.1) is 27.7 Å². The molecule has 0 radical (unpaired) electrons. The first-order valence-electron chi connectivity index (χ1n) is 20.7. The molecule has 0 aliphatic carbocycles. The number of carbonyl (C=O) groups excluding carboxylic acids is 3. The van der Waals surface area contributed by atoms with Crippen molar-refractivity contribution in [2.24, 2.45) is 0 Å². The summed E-state index contributed by atoms with van der Waals surface area (Å²) in [4.78, 5) is 36.2. The highest BCUT2D eigenvalue weighted by molar-refractivity contribution is 6.21. The third kappa shape index (κ3) is 15.2. The minimum absolute atomic E-state index is 0. The van der Waals surface area contributed by atoms with Gasteiger partial charge in [0.15, 0.2) is 11.5 Å². The van der Waals surface area contributed by atoms with Gasteiger partial charge in [-0.1, -0.05) is 84.9 Å². The molecule has 15 heteroatoms. The molecular formula is C50H61Cl2N5O8. The third-order valence-corrected chi connectivity index (χ3v) is 10.4. The number of rotatable bonds is 16. The first kappa shape index (κ1) is 53.2. The minimum Gasteiger partial charge on any atom is -0.485 e. The van der Waals surface area contributed by atoms with Gasteiger partial charge in [-0.3, -0.25) is 14.4 Å². The van der Waals surface area contributed by atoms with Crippen LogP contribution in [0.4, 0.5) is 0 Å². The van der Waals surface area contributed by atoms with E-state index >= 15 is 0 Å². The Balaban J connectivity index is 0.000000342. The lowest BCUT2D eigenvalue weighted by atomic mass is 9.92. The Morgan fingerprint density at radius 3 is 1.46 bits per heavy atom. The second-order valence-electron chi connectivity index (χ2n) is 16.1. The Morgan fingerprint density at radius 2 is 1.02 bits per heavy atom. The predicted molar refractivity (Wildman–Crippen MR) is 255 cm³/mol. The zero-order chi connectivity index (χ0) is 45.7. The summed E-state index contributed by atoms with van der Waals surface area (Å²) in [5, 5.41) is 8.86. The number of methoxy groups -OCH3 is 2. The number of hydrogen-bond donors (Lipinski definition) is 1. The van der Waals surface area contributed by atoms with Gasteiger partial charge in [0.2, 0.25) is 0 Å². The van der Waals surface area contributed by atoms with Crippen molar-refractivity contribution in [3.8, 4) is 22.9 Å². The maximum Gasteiger partial charge on any atom is 0.307 e. The Hall–Kier alpha value is -6.15. The predicted octanol–water partition coefficient (Wildman–Crippen LogP) is 10.9. The molecule has 4 aromatic carbocycles. The first-order chi connectivity index (χ1) is 30.1. The molecule has 0 aliphatic rings. The zero-order valence-electron chi connectivity index (χ0n) is 38.6. The van der Waals surface area contributed by atoms with E-state index in [0.717, 1.165) is 67.9 Å². The van der Waals surface area contributed by atoms with E-state index in [-0.39, 0.29) is 61.6 Å². The second kappa shape index (κ2) is 24.8. The number of alkyl halides is 1. The fraction of sp³-hybridized carbons (Fsp3) is 0.340. The largest absolute Gasteiger partial charge is 0.485 e. The van der Waals surface area contributed by atoms with E-state index in [1.807, 2.05) is 167 Å². The standard InChI is InChI=1S/C28H34N2O5.C22H23ClN2O3.ClH.H3N/c1-19-27(34-18-21-11-8-7-9-12-21)20(2)30(29-19)24-14-10-13-22(15-24)23(16-25(31)33-6)17-26(32)35-28(3,4)5;1-15-22(28-14-17-8-5-4-6-9-17)16(2)25(24-15)19-11-7-10-18(12-19)20(23)13-21(26)27-3;;/h7-15,23H,16-18H2,1-6H3;4-12,20H,13-14H2,1-3H3;1H;1H3/t23-;20-;;/m10../s1. The van der Waals surface area contributed by atoms with Crippen LogP contribution >= 0.6 is 24.0 Å².